The van der Waals surface area contributed by atoms with Crippen molar-refractivity contribution in [1.29, 1.82) is 0 Å². The predicted octanol–water partition coefficient (Wildman–Crippen LogP) is 1.28. The lowest BCUT2D eigenvalue weighted by molar-refractivity contribution is 0.175. The molecule has 1 aromatic rings. The van der Waals surface area contributed by atoms with E-state index in [1.807, 2.05) is 0 Å². The largest absolute Gasteiger partial charge is 0.473 e. The Hall–Kier alpha value is -1.89. The monoisotopic (exact) mass is 257 g/mol. The van der Waals surface area contributed by atoms with E-state index < -0.39 is 24.1 Å². The maximum absolute atomic E-state index is 13.0. The van der Waals surface area contributed by atoms with E-state index >= 15 is 0 Å². The first-order valence-electron chi connectivity index (χ1n) is 5.44. The summed E-state index contributed by atoms with van der Waals surface area (Å²) >= 11 is 0. The molecule has 1 heterocycles. The number of carboxylic acid groups (broad SMARTS) is 1. The zero-order valence-electron chi connectivity index (χ0n) is 10.2. The van der Waals surface area contributed by atoms with Gasteiger partial charge in [0, 0.05) is 11.6 Å². The van der Waals surface area contributed by atoms with Gasteiger partial charge in [0.05, 0.1) is 12.7 Å². The second-order valence-corrected chi connectivity index (χ2v) is 3.95. The van der Waals surface area contributed by atoms with Gasteiger partial charge in [-0.25, -0.2) is 14.2 Å². The highest BCUT2D eigenvalue weighted by Gasteiger charge is 2.14. The summed E-state index contributed by atoms with van der Waals surface area (Å²) in [4.78, 5) is 14.1. The van der Waals surface area contributed by atoms with Crippen LogP contribution in [0.4, 0.5) is 9.18 Å². The molecule has 0 aromatic carbocycles. The summed E-state index contributed by atoms with van der Waals surface area (Å²) in [5.74, 6) is -0.281. The Balaban J connectivity index is 2.74. The number of hydrogen-bond acceptors (Lipinski definition) is 4. The first-order chi connectivity index (χ1) is 8.40. The zero-order chi connectivity index (χ0) is 13.7. The third kappa shape index (κ3) is 4.17. The highest BCUT2D eigenvalue weighted by Crippen LogP contribution is 2.22. The normalized spacial score (nSPS) is 13.8. The Labute approximate surface area is 104 Å². The molecule has 0 bridgehead atoms. The van der Waals surface area contributed by atoms with Crippen LogP contribution < -0.4 is 15.8 Å². The molecule has 2 atom stereocenters. The molecular weight excluding hydrogens is 241 g/mol. The molecular formula is C11H16FN3O3. The molecule has 4 N–H and O–H groups in total. The molecule has 18 heavy (non-hydrogen) atoms. The van der Waals surface area contributed by atoms with Crippen molar-refractivity contribution in [3.63, 3.8) is 0 Å². The first-order valence-corrected chi connectivity index (χ1v) is 5.44. The molecule has 6 nitrogen and oxygen atoms in total. The van der Waals surface area contributed by atoms with Crippen molar-refractivity contribution in [2.75, 3.05) is 6.54 Å². The van der Waals surface area contributed by atoms with Crippen LogP contribution in [0.2, 0.25) is 0 Å². The van der Waals surface area contributed by atoms with Gasteiger partial charge in [-0.1, -0.05) is 0 Å². The number of aromatic nitrogens is 1. The van der Waals surface area contributed by atoms with Crippen molar-refractivity contribution in [2.45, 2.75) is 26.0 Å². The molecule has 0 unspecified atom stereocenters. The van der Waals surface area contributed by atoms with Gasteiger partial charge in [0.1, 0.15) is 11.9 Å². The average Bonchev–Trinajstić information content (AvgIpc) is 2.28. The summed E-state index contributed by atoms with van der Waals surface area (Å²) in [6.07, 6.45) is -0.542. The van der Waals surface area contributed by atoms with Crippen molar-refractivity contribution >= 4 is 6.09 Å². The lowest BCUT2D eigenvalue weighted by atomic mass is 10.1. The molecule has 100 valence electrons. The maximum Gasteiger partial charge on any atom is 0.404 e. The van der Waals surface area contributed by atoms with Gasteiger partial charge in [0.2, 0.25) is 5.88 Å². The lowest BCUT2D eigenvalue weighted by Gasteiger charge is -2.17. The highest BCUT2D eigenvalue weighted by molar-refractivity contribution is 5.64. The summed E-state index contributed by atoms with van der Waals surface area (Å²) in [5, 5.41) is 10.6. The Kier molecular flexibility index (Phi) is 4.85. The minimum atomic E-state index is -1.13. The van der Waals surface area contributed by atoms with Gasteiger partial charge < -0.3 is 20.9 Å². The topological polar surface area (TPSA) is 97.5 Å². The SMILES string of the molecule is C[C@@H](CNC(=O)O)Oc1ncc(F)cc1[C@@H](C)N. The van der Waals surface area contributed by atoms with Crippen LogP contribution in [-0.2, 0) is 0 Å². The fraction of sp³-hybridized carbons (Fsp3) is 0.455. The van der Waals surface area contributed by atoms with Gasteiger partial charge in [-0.2, -0.15) is 0 Å². The molecule has 0 aliphatic heterocycles. The number of pyridine rings is 1. The van der Waals surface area contributed by atoms with Crippen LogP contribution in [0.1, 0.15) is 25.5 Å². The smallest absolute Gasteiger partial charge is 0.404 e. The number of hydrogen-bond donors (Lipinski definition) is 3. The van der Waals surface area contributed by atoms with Gasteiger partial charge in [0.15, 0.2) is 0 Å². The molecule has 1 amide bonds. The van der Waals surface area contributed by atoms with Crippen LogP contribution >= 0.6 is 0 Å². The molecule has 0 saturated carbocycles. The second-order valence-electron chi connectivity index (χ2n) is 3.95. The van der Waals surface area contributed by atoms with Gasteiger partial charge >= 0.3 is 6.09 Å². The van der Waals surface area contributed by atoms with Crippen LogP contribution in [-0.4, -0.2) is 28.8 Å². The minimum Gasteiger partial charge on any atom is -0.473 e. The van der Waals surface area contributed by atoms with Crippen LogP contribution in [0.3, 0.4) is 0 Å². The van der Waals surface area contributed by atoms with E-state index in [1.54, 1.807) is 13.8 Å². The van der Waals surface area contributed by atoms with Crippen molar-refractivity contribution in [3.8, 4) is 5.88 Å². The number of nitrogens with two attached hydrogens (primary N) is 1. The molecule has 0 fully saturated rings. The zero-order valence-corrected chi connectivity index (χ0v) is 10.2. The first kappa shape index (κ1) is 14.2. The summed E-state index contributed by atoms with van der Waals surface area (Å²) < 4.78 is 18.5. The van der Waals surface area contributed by atoms with Crippen molar-refractivity contribution < 1.29 is 19.0 Å². The van der Waals surface area contributed by atoms with E-state index in [2.05, 4.69) is 10.3 Å². The van der Waals surface area contributed by atoms with E-state index in [0.29, 0.717) is 5.56 Å². The van der Waals surface area contributed by atoms with Crippen molar-refractivity contribution in [2.24, 2.45) is 5.73 Å². The lowest BCUT2D eigenvalue weighted by Crippen LogP contribution is -2.33. The average molecular weight is 257 g/mol. The van der Waals surface area contributed by atoms with E-state index in [1.165, 1.54) is 6.07 Å². The Morgan fingerprint density at radius 1 is 1.67 bits per heavy atom. The van der Waals surface area contributed by atoms with Crippen molar-refractivity contribution in [3.05, 3.63) is 23.6 Å². The van der Waals surface area contributed by atoms with Crippen LogP contribution in [0.15, 0.2) is 12.3 Å². The number of halogens is 1. The Morgan fingerprint density at radius 2 is 2.33 bits per heavy atom. The van der Waals surface area contributed by atoms with E-state index in [-0.39, 0.29) is 12.4 Å². The molecule has 7 heteroatoms. The van der Waals surface area contributed by atoms with Crippen molar-refractivity contribution in [1.82, 2.24) is 10.3 Å². The number of carbonyl (C=O) groups is 1. The summed E-state index contributed by atoms with van der Waals surface area (Å²) in [6.45, 7) is 3.46. The number of nitrogens with one attached hydrogen (secondary N) is 1. The molecule has 0 spiro atoms. The van der Waals surface area contributed by atoms with Crippen LogP contribution in [0, 0.1) is 5.82 Å². The molecule has 0 aliphatic rings. The molecule has 0 saturated heterocycles. The van der Waals surface area contributed by atoms with Crippen LogP contribution in [0.25, 0.3) is 0 Å². The fourth-order valence-electron chi connectivity index (χ4n) is 1.33. The third-order valence-corrected chi connectivity index (χ3v) is 2.19. The third-order valence-electron chi connectivity index (χ3n) is 2.19. The standard InChI is InChI=1S/C11H16FN3O3/c1-6(4-15-11(16)17)18-10-9(7(2)13)3-8(12)5-14-10/h3,5-7,15H,4,13H2,1-2H3,(H,16,17)/t6-,7+/m0/s1. The van der Waals surface area contributed by atoms with Crippen LogP contribution in [0.5, 0.6) is 5.88 Å². The maximum atomic E-state index is 13.0. The van der Waals surface area contributed by atoms with Gasteiger partial charge in [-0.05, 0) is 19.9 Å². The molecule has 0 radical (unpaired) electrons. The van der Waals surface area contributed by atoms with Gasteiger partial charge in [-0.3, -0.25) is 0 Å². The number of amides is 1. The predicted molar refractivity (Wildman–Crippen MR) is 62.9 cm³/mol. The summed E-state index contributed by atoms with van der Waals surface area (Å²) in [5.41, 5.74) is 6.13. The fourth-order valence-corrected chi connectivity index (χ4v) is 1.33. The Bertz CT molecular complexity index is 426. The quantitative estimate of drug-likeness (QED) is 0.738. The van der Waals surface area contributed by atoms with E-state index in [9.17, 15) is 9.18 Å². The van der Waals surface area contributed by atoms with E-state index in [4.69, 9.17) is 15.6 Å². The molecule has 0 aliphatic carbocycles. The summed E-state index contributed by atoms with van der Waals surface area (Å²) in [6, 6.07) is 0.826. The number of ether oxygens (including phenoxy) is 1. The Morgan fingerprint density at radius 3 is 2.89 bits per heavy atom. The summed E-state index contributed by atoms with van der Waals surface area (Å²) in [7, 11) is 0. The van der Waals surface area contributed by atoms with Gasteiger partial charge in [0.25, 0.3) is 0 Å². The highest BCUT2D eigenvalue weighted by atomic mass is 19.1. The van der Waals surface area contributed by atoms with E-state index in [0.717, 1.165) is 6.20 Å². The molecule has 1 rings (SSSR count). The number of rotatable bonds is 5. The molecule has 1 aromatic heterocycles. The number of nitrogens with zero attached hydrogens (tertiary/aromatic N) is 1. The minimum absolute atomic E-state index is 0.104. The van der Waals surface area contributed by atoms with Gasteiger partial charge in [-0.15, -0.1) is 0 Å². The second kappa shape index (κ2) is 6.15.